The zero-order valence-corrected chi connectivity index (χ0v) is 6.31. The fraction of sp³-hybridized carbons (Fsp3) is 0.500. The fourth-order valence-corrected chi connectivity index (χ4v) is 1.63. The summed E-state index contributed by atoms with van der Waals surface area (Å²) in [5, 5.41) is -11.0. The smallest absolute Gasteiger partial charge is 0.215 e. The van der Waals surface area contributed by atoms with Crippen LogP contribution in [-0.4, -0.2) is 18.9 Å². The van der Waals surface area contributed by atoms with Crippen LogP contribution in [0, 0.1) is 0 Å². The summed E-state index contributed by atoms with van der Waals surface area (Å²) in [6.07, 6.45) is 0. The van der Waals surface area contributed by atoms with Gasteiger partial charge in [-0.2, -0.15) is 17.6 Å². The maximum Gasteiger partial charge on any atom is 0.405 e. The normalized spacial score (nSPS) is 29.4. The van der Waals surface area contributed by atoms with E-state index in [0.717, 1.165) is 0 Å². The molecule has 0 amide bonds. The van der Waals surface area contributed by atoms with E-state index < -0.39 is 32.0 Å². The predicted molar refractivity (Wildman–Crippen MR) is 28.1 cm³/mol. The molecule has 0 aromatic heterocycles. The molecule has 76 valence electrons. The maximum absolute atomic E-state index is 12.1. The Hall–Kier alpha value is -0.730. The average Bonchev–Trinajstić information content (AvgIpc) is 2.05. The molecule has 0 saturated carbocycles. The van der Waals surface area contributed by atoms with E-state index in [4.69, 9.17) is 0 Å². The van der Waals surface area contributed by atoms with Crippen LogP contribution in [0.3, 0.4) is 0 Å². The van der Waals surface area contributed by atoms with E-state index in [1.54, 1.807) is 0 Å². The van der Waals surface area contributed by atoms with Crippen molar-refractivity contribution < 1.29 is 34.8 Å². The minimum absolute atomic E-state index is 3.25. The van der Waals surface area contributed by atoms with E-state index >= 15 is 0 Å². The number of hydrogen-bond acceptors (Lipinski definition) is 2. The summed E-state index contributed by atoms with van der Waals surface area (Å²) in [4.78, 5) is 0. The molecule has 0 radical (unpaired) electrons. The van der Waals surface area contributed by atoms with Crippen LogP contribution in [0.2, 0.25) is 0 Å². The highest BCUT2D eigenvalue weighted by atomic mass is 32.2. The van der Waals surface area contributed by atoms with Gasteiger partial charge < -0.3 is 0 Å². The van der Waals surface area contributed by atoms with Crippen molar-refractivity contribution in [2.24, 2.45) is 0 Å². The summed E-state index contributed by atoms with van der Waals surface area (Å²) in [6, 6.07) is 0. The van der Waals surface area contributed by atoms with Crippen LogP contribution < -0.4 is 0 Å². The van der Waals surface area contributed by atoms with Crippen molar-refractivity contribution in [2.75, 3.05) is 0 Å². The minimum atomic E-state index is -6.49. The van der Waals surface area contributed by atoms with Crippen molar-refractivity contribution in [1.82, 2.24) is 0 Å². The van der Waals surface area contributed by atoms with Gasteiger partial charge in [0.1, 0.15) is 0 Å². The van der Waals surface area contributed by atoms with E-state index in [1.165, 1.54) is 0 Å². The lowest BCUT2D eigenvalue weighted by Crippen LogP contribution is -2.35. The van der Waals surface area contributed by atoms with Crippen molar-refractivity contribution in [3.63, 3.8) is 0 Å². The highest BCUT2D eigenvalue weighted by Crippen LogP contribution is 2.53. The Kier molecular flexibility index (Phi) is 1.75. The molecule has 1 rings (SSSR count). The molecule has 0 aromatic rings. The first kappa shape index (κ1) is 10.4. The van der Waals surface area contributed by atoms with Gasteiger partial charge in [0.25, 0.3) is 9.84 Å². The van der Waals surface area contributed by atoms with Gasteiger partial charge in [0, 0.05) is 0 Å². The molecule has 1 heterocycles. The standard InChI is InChI=1S/C4F6O2S/c5-1-2(6)4(9,10)13(11,12)3(1,7)8. The molecule has 0 aromatic carbocycles. The van der Waals surface area contributed by atoms with Crippen molar-refractivity contribution in [2.45, 2.75) is 10.5 Å². The third kappa shape index (κ3) is 0.875. The highest BCUT2D eigenvalue weighted by Gasteiger charge is 2.74. The first-order valence-electron chi connectivity index (χ1n) is 2.63. The van der Waals surface area contributed by atoms with Crippen molar-refractivity contribution >= 4 is 9.84 Å². The molecule has 1 aliphatic heterocycles. The quantitative estimate of drug-likeness (QED) is 0.589. The summed E-state index contributed by atoms with van der Waals surface area (Å²) in [6.45, 7) is 0. The van der Waals surface area contributed by atoms with Crippen LogP contribution >= 0.6 is 0 Å². The van der Waals surface area contributed by atoms with Crippen LogP contribution in [0.5, 0.6) is 0 Å². The van der Waals surface area contributed by atoms with Gasteiger partial charge in [-0.05, 0) is 0 Å². The third-order valence-electron chi connectivity index (χ3n) is 1.38. The van der Waals surface area contributed by atoms with Crippen molar-refractivity contribution in [3.8, 4) is 0 Å². The topological polar surface area (TPSA) is 34.1 Å². The molecule has 0 aliphatic carbocycles. The molecule has 0 saturated heterocycles. The molecular weight excluding hydrogens is 226 g/mol. The van der Waals surface area contributed by atoms with Gasteiger partial charge in [-0.1, -0.05) is 0 Å². The lowest BCUT2D eigenvalue weighted by molar-refractivity contribution is 0.0956. The van der Waals surface area contributed by atoms with Gasteiger partial charge in [-0.15, -0.1) is 0 Å². The van der Waals surface area contributed by atoms with Gasteiger partial charge in [0.05, 0.1) is 0 Å². The molecule has 0 atom stereocenters. The van der Waals surface area contributed by atoms with Gasteiger partial charge in [-0.25, -0.2) is 17.2 Å². The summed E-state index contributed by atoms with van der Waals surface area (Å²) < 4.78 is 92.7. The Morgan fingerprint density at radius 3 is 1.15 bits per heavy atom. The molecule has 9 heteroatoms. The van der Waals surface area contributed by atoms with Gasteiger partial charge in [0.2, 0.25) is 11.7 Å². The lowest BCUT2D eigenvalue weighted by Gasteiger charge is -2.10. The Bertz CT molecular complexity index is 349. The zero-order chi connectivity index (χ0) is 10.7. The SMILES string of the molecule is O=S1(=O)C(F)(F)C(F)=C(F)C1(F)F. The van der Waals surface area contributed by atoms with Gasteiger partial charge >= 0.3 is 10.5 Å². The van der Waals surface area contributed by atoms with Crippen LogP contribution in [0.15, 0.2) is 11.7 Å². The largest absolute Gasteiger partial charge is 0.405 e. The molecular formula is C4F6O2S. The Labute approximate surface area is 67.8 Å². The van der Waals surface area contributed by atoms with Crippen molar-refractivity contribution in [1.29, 1.82) is 0 Å². The zero-order valence-electron chi connectivity index (χ0n) is 5.49. The van der Waals surface area contributed by atoms with E-state index in [2.05, 4.69) is 0 Å². The Balaban J connectivity index is 3.58. The van der Waals surface area contributed by atoms with E-state index in [-0.39, 0.29) is 0 Å². The maximum atomic E-state index is 12.1. The molecule has 0 fully saturated rings. The highest BCUT2D eigenvalue weighted by molar-refractivity contribution is 7.94. The summed E-state index contributed by atoms with van der Waals surface area (Å²) in [5.74, 6) is -6.50. The molecule has 0 bridgehead atoms. The first-order chi connectivity index (χ1) is 5.57. The number of halogens is 6. The summed E-state index contributed by atoms with van der Waals surface area (Å²) in [5.41, 5.74) is 0. The third-order valence-corrected chi connectivity index (χ3v) is 3.09. The second-order valence-electron chi connectivity index (χ2n) is 2.16. The summed E-state index contributed by atoms with van der Waals surface area (Å²) >= 11 is 0. The van der Waals surface area contributed by atoms with Gasteiger partial charge in [-0.3, -0.25) is 0 Å². The van der Waals surface area contributed by atoms with Crippen LogP contribution in [0.25, 0.3) is 0 Å². The van der Waals surface area contributed by atoms with Crippen LogP contribution in [-0.2, 0) is 9.84 Å². The Morgan fingerprint density at radius 1 is 0.846 bits per heavy atom. The van der Waals surface area contributed by atoms with Crippen molar-refractivity contribution in [3.05, 3.63) is 11.7 Å². The van der Waals surface area contributed by atoms with Crippen LogP contribution in [0.4, 0.5) is 26.3 Å². The van der Waals surface area contributed by atoms with Gasteiger partial charge in [0.15, 0.2) is 0 Å². The van der Waals surface area contributed by atoms with Crippen LogP contribution in [0.1, 0.15) is 0 Å². The minimum Gasteiger partial charge on any atom is -0.215 e. The van der Waals surface area contributed by atoms with E-state index in [1.807, 2.05) is 0 Å². The predicted octanol–water partition coefficient (Wildman–Crippen LogP) is 1.75. The number of rotatable bonds is 0. The average molecular weight is 226 g/mol. The molecule has 0 spiro atoms. The summed E-state index contributed by atoms with van der Waals surface area (Å²) in [7, 11) is -6.49. The molecule has 2 nitrogen and oxygen atoms in total. The molecule has 0 N–H and O–H groups in total. The van der Waals surface area contributed by atoms with E-state index in [0.29, 0.717) is 0 Å². The Morgan fingerprint density at radius 2 is 1.08 bits per heavy atom. The second-order valence-corrected chi connectivity index (χ2v) is 4.20. The number of sulfone groups is 1. The van der Waals surface area contributed by atoms with E-state index in [9.17, 15) is 34.8 Å². The first-order valence-corrected chi connectivity index (χ1v) is 4.11. The number of hydrogen-bond donors (Lipinski definition) is 0. The number of alkyl halides is 4. The second kappa shape index (κ2) is 2.20. The molecule has 0 unspecified atom stereocenters. The molecule has 1 aliphatic rings. The molecule has 13 heavy (non-hydrogen) atoms. The lowest BCUT2D eigenvalue weighted by atomic mass is 10.4. The fourth-order valence-electron chi connectivity index (χ4n) is 0.652. The monoisotopic (exact) mass is 226 g/mol.